The van der Waals surface area contributed by atoms with Gasteiger partial charge in [-0.15, -0.1) is 0 Å². The monoisotopic (exact) mass is 302 g/mol. The van der Waals surface area contributed by atoms with Gasteiger partial charge in [-0.2, -0.15) is 5.10 Å². The quantitative estimate of drug-likeness (QED) is 0.894. The molecule has 0 saturated carbocycles. The van der Waals surface area contributed by atoms with Crippen molar-refractivity contribution in [3.05, 3.63) is 35.5 Å². The first-order valence-corrected chi connectivity index (χ1v) is 7.07. The van der Waals surface area contributed by atoms with Gasteiger partial charge in [0.15, 0.2) is 9.84 Å². The van der Waals surface area contributed by atoms with E-state index in [0.717, 1.165) is 18.2 Å². The van der Waals surface area contributed by atoms with Crippen LogP contribution >= 0.6 is 0 Å². The number of rotatable bonds is 3. The number of nitrogens with zero attached hydrogens (tertiary/aromatic N) is 1. The van der Waals surface area contributed by atoms with Gasteiger partial charge in [0.25, 0.3) is 0 Å². The fraction of sp³-hybridized carbons (Fsp3) is 0.0909. The molecule has 0 unspecified atom stereocenters. The zero-order valence-electron chi connectivity index (χ0n) is 10.0. The van der Waals surface area contributed by atoms with E-state index in [0.29, 0.717) is 6.26 Å². The van der Waals surface area contributed by atoms with Crippen LogP contribution in [0.3, 0.4) is 0 Å². The molecule has 0 spiro atoms. The highest BCUT2D eigenvalue weighted by molar-refractivity contribution is 7.90. The number of nitrogens with one attached hydrogen (secondary N) is 1. The third-order valence-electron chi connectivity index (χ3n) is 2.47. The molecule has 0 atom stereocenters. The molecule has 1 aromatic carbocycles. The predicted octanol–water partition coefficient (Wildman–Crippen LogP) is 1.46. The molecule has 0 amide bonds. The summed E-state index contributed by atoms with van der Waals surface area (Å²) in [5, 5.41) is 14.5. The van der Waals surface area contributed by atoms with Gasteiger partial charge in [0.05, 0.1) is 5.69 Å². The summed E-state index contributed by atoms with van der Waals surface area (Å²) in [5.41, 5.74) is -0.343. The number of carboxylic acids is 1. The lowest BCUT2D eigenvalue weighted by molar-refractivity contribution is 0.0690. The third-order valence-corrected chi connectivity index (χ3v) is 3.60. The number of aromatic carboxylic acids is 1. The standard InChI is InChI=1S/C11H8F2N2O4S/c1-20(18,19)10-6(12)2-5(3-7(10)13)8-4-9(11(16)17)15-14-8/h2-4H,1H3,(H,14,15)(H,16,17). The van der Waals surface area contributed by atoms with Crippen LogP contribution in [0.25, 0.3) is 11.3 Å². The van der Waals surface area contributed by atoms with Gasteiger partial charge in [-0.1, -0.05) is 0 Å². The molecule has 2 rings (SSSR count). The minimum atomic E-state index is -4.04. The van der Waals surface area contributed by atoms with Crippen molar-refractivity contribution < 1.29 is 27.1 Å². The van der Waals surface area contributed by atoms with E-state index in [4.69, 9.17) is 5.11 Å². The van der Waals surface area contributed by atoms with E-state index < -0.39 is 32.3 Å². The Labute approximate surface area is 112 Å². The second-order valence-corrected chi connectivity index (χ2v) is 5.97. The second-order valence-electron chi connectivity index (χ2n) is 4.01. The molecule has 0 aliphatic rings. The molecule has 0 fully saturated rings. The number of hydrogen-bond donors (Lipinski definition) is 2. The number of aromatic nitrogens is 2. The molecule has 6 nitrogen and oxygen atoms in total. The lowest BCUT2D eigenvalue weighted by Gasteiger charge is -2.04. The van der Waals surface area contributed by atoms with Crippen molar-refractivity contribution in [2.45, 2.75) is 4.90 Å². The smallest absolute Gasteiger partial charge is 0.353 e. The Bertz CT molecular complexity index is 775. The number of carboxylic acid groups (broad SMARTS) is 1. The number of aromatic amines is 1. The summed E-state index contributed by atoms with van der Waals surface area (Å²) in [5.74, 6) is -3.80. The van der Waals surface area contributed by atoms with Crippen LogP contribution in [0.4, 0.5) is 8.78 Å². The summed E-state index contributed by atoms with van der Waals surface area (Å²) in [6, 6.07) is 2.64. The van der Waals surface area contributed by atoms with Gasteiger partial charge < -0.3 is 5.11 Å². The second kappa shape index (κ2) is 4.67. The highest BCUT2D eigenvalue weighted by atomic mass is 32.2. The van der Waals surface area contributed by atoms with Crippen molar-refractivity contribution in [1.29, 1.82) is 0 Å². The van der Waals surface area contributed by atoms with Gasteiger partial charge in [-0.3, -0.25) is 5.10 Å². The van der Waals surface area contributed by atoms with Crippen LogP contribution in [0.2, 0.25) is 0 Å². The van der Waals surface area contributed by atoms with E-state index in [1.807, 2.05) is 0 Å². The normalized spacial score (nSPS) is 11.6. The molecular formula is C11H8F2N2O4S. The van der Waals surface area contributed by atoms with Crippen molar-refractivity contribution in [3.63, 3.8) is 0 Å². The average Bonchev–Trinajstić information content (AvgIpc) is 2.74. The molecule has 1 heterocycles. The first-order valence-electron chi connectivity index (χ1n) is 5.18. The van der Waals surface area contributed by atoms with Crippen LogP contribution < -0.4 is 0 Å². The molecular weight excluding hydrogens is 294 g/mol. The fourth-order valence-electron chi connectivity index (χ4n) is 1.64. The average molecular weight is 302 g/mol. The van der Waals surface area contributed by atoms with Gasteiger partial charge in [-0.25, -0.2) is 22.0 Å². The molecule has 0 saturated heterocycles. The zero-order chi connectivity index (χ0) is 15.1. The summed E-state index contributed by atoms with van der Waals surface area (Å²) in [4.78, 5) is 9.63. The molecule has 0 aliphatic heterocycles. The summed E-state index contributed by atoms with van der Waals surface area (Å²) >= 11 is 0. The Morgan fingerprint density at radius 2 is 1.80 bits per heavy atom. The van der Waals surface area contributed by atoms with E-state index in [-0.39, 0.29) is 17.0 Å². The molecule has 1 aromatic heterocycles. The Balaban J connectivity index is 2.57. The van der Waals surface area contributed by atoms with Crippen molar-refractivity contribution in [2.75, 3.05) is 6.26 Å². The van der Waals surface area contributed by atoms with Gasteiger partial charge in [0, 0.05) is 11.8 Å². The van der Waals surface area contributed by atoms with Crippen molar-refractivity contribution >= 4 is 15.8 Å². The van der Waals surface area contributed by atoms with Crippen LogP contribution in [-0.2, 0) is 9.84 Å². The molecule has 20 heavy (non-hydrogen) atoms. The van der Waals surface area contributed by atoms with Crippen LogP contribution in [-0.4, -0.2) is 35.9 Å². The Hall–Kier alpha value is -2.29. The number of sulfone groups is 1. The lowest BCUT2D eigenvalue weighted by Crippen LogP contribution is -2.04. The molecule has 106 valence electrons. The summed E-state index contributed by atoms with van der Waals surface area (Å²) in [6.45, 7) is 0. The Morgan fingerprint density at radius 1 is 1.25 bits per heavy atom. The number of H-pyrrole nitrogens is 1. The van der Waals surface area contributed by atoms with E-state index in [2.05, 4.69) is 10.2 Å². The van der Waals surface area contributed by atoms with Crippen LogP contribution in [0.5, 0.6) is 0 Å². The van der Waals surface area contributed by atoms with Crippen molar-refractivity contribution in [3.8, 4) is 11.3 Å². The fourth-order valence-corrected chi connectivity index (χ4v) is 2.47. The largest absolute Gasteiger partial charge is 0.477 e. The van der Waals surface area contributed by atoms with Crippen molar-refractivity contribution in [1.82, 2.24) is 10.2 Å². The highest BCUT2D eigenvalue weighted by Crippen LogP contribution is 2.26. The molecule has 9 heteroatoms. The highest BCUT2D eigenvalue weighted by Gasteiger charge is 2.22. The zero-order valence-corrected chi connectivity index (χ0v) is 10.8. The van der Waals surface area contributed by atoms with Crippen LogP contribution in [0.15, 0.2) is 23.1 Å². The lowest BCUT2D eigenvalue weighted by atomic mass is 10.1. The maximum absolute atomic E-state index is 13.7. The SMILES string of the molecule is CS(=O)(=O)c1c(F)cc(-c2cc(C(=O)O)[nH]n2)cc1F. The van der Waals surface area contributed by atoms with E-state index in [1.165, 1.54) is 0 Å². The summed E-state index contributed by atoms with van der Waals surface area (Å²) in [7, 11) is -4.04. The van der Waals surface area contributed by atoms with E-state index >= 15 is 0 Å². The van der Waals surface area contributed by atoms with Gasteiger partial charge in [-0.05, 0) is 18.2 Å². The number of carbonyl (C=O) groups is 1. The molecule has 2 aromatic rings. The first-order chi connectivity index (χ1) is 9.20. The minimum Gasteiger partial charge on any atom is -0.477 e. The summed E-state index contributed by atoms with van der Waals surface area (Å²) < 4.78 is 49.8. The Kier molecular flexibility index (Phi) is 3.30. The van der Waals surface area contributed by atoms with E-state index in [9.17, 15) is 22.0 Å². The van der Waals surface area contributed by atoms with Crippen molar-refractivity contribution in [2.24, 2.45) is 0 Å². The molecule has 0 radical (unpaired) electrons. The third kappa shape index (κ3) is 2.52. The van der Waals surface area contributed by atoms with Gasteiger partial charge in [0.1, 0.15) is 22.2 Å². The molecule has 0 aliphatic carbocycles. The Morgan fingerprint density at radius 3 is 2.20 bits per heavy atom. The molecule has 2 N–H and O–H groups in total. The minimum absolute atomic E-state index is 0.0137. The number of hydrogen-bond acceptors (Lipinski definition) is 4. The van der Waals surface area contributed by atoms with Gasteiger partial charge >= 0.3 is 5.97 Å². The maximum atomic E-state index is 13.7. The van der Waals surface area contributed by atoms with Crippen LogP contribution in [0.1, 0.15) is 10.5 Å². The first kappa shape index (κ1) is 14.1. The number of benzene rings is 1. The van der Waals surface area contributed by atoms with Gasteiger partial charge in [0.2, 0.25) is 0 Å². The van der Waals surface area contributed by atoms with E-state index in [1.54, 1.807) is 0 Å². The van der Waals surface area contributed by atoms with Crippen LogP contribution in [0, 0.1) is 11.6 Å². The molecule has 0 bridgehead atoms. The summed E-state index contributed by atoms with van der Waals surface area (Å²) in [6.07, 6.45) is 0.686. The topological polar surface area (TPSA) is 100 Å². The predicted molar refractivity (Wildman–Crippen MR) is 64.0 cm³/mol. The number of halogens is 2. The maximum Gasteiger partial charge on any atom is 0.353 e.